The van der Waals surface area contributed by atoms with Crippen molar-refractivity contribution in [1.82, 2.24) is 10.2 Å². The van der Waals surface area contributed by atoms with Crippen molar-refractivity contribution >= 4 is 22.4 Å². The highest BCUT2D eigenvalue weighted by Crippen LogP contribution is 2.38. The fraction of sp³-hybridized carbons (Fsp3) is 0.393. The average Bonchev–Trinajstić information content (AvgIpc) is 3.65. The normalized spacial score (nSPS) is 22.8. The molecule has 0 radical (unpaired) electrons. The summed E-state index contributed by atoms with van der Waals surface area (Å²) < 4.78 is 19.3. The Labute approximate surface area is 199 Å². The number of amides is 1. The van der Waals surface area contributed by atoms with Gasteiger partial charge in [0.1, 0.15) is 11.4 Å². The number of carbonyl (C=O) groups is 1. The van der Waals surface area contributed by atoms with E-state index in [1.165, 1.54) is 34.0 Å². The van der Waals surface area contributed by atoms with Gasteiger partial charge in [-0.05, 0) is 72.4 Å². The van der Waals surface area contributed by atoms with E-state index in [1.807, 2.05) is 0 Å². The van der Waals surface area contributed by atoms with E-state index in [0.29, 0.717) is 12.7 Å². The van der Waals surface area contributed by atoms with E-state index >= 15 is 0 Å². The summed E-state index contributed by atoms with van der Waals surface area (Å²) >= 11 is 0. The lowest BCUT2D eigenvalue weighted by Crippen LogP contribution is -2.58. The number of epoxide rings is 1. The summed E-state index contributed by atoms with van der Waals surface area (Å²) in [6.45, 7) is 5.12. The van der Waals surface area contributed by atoms with Gasteiger partial charge in [-0.1, -0.05) is 36.4 Å². The third-order valence-electron chi connectivity index (χ3n) is 7.99. The first-order chi connectivity index (χ1) is 16.5. The van der Waals surface area contributed by atoms with Crippen molar-refractivity contribution in [2.24, 2.45) is 0 Å². The van der Waals surface area contributed by atoms with Gasteiger partial charge in [0.15, 0.2) is 0 Å². The molecule has 3 aromatic carbocycles. The predicted octanol–water partition coefficient (Wildman–Crippen LogP) is 4.03. The second-order valence-electron chi connectivity index (χ2n) is 9.87. The van der Waals surface area contributed by atoms with Crippen LogP contribution in [0, 0.1) is 12.7 Å². The molecule has 6 heteroatoms. The van der Waals surface area contributed by atoms with E-state index in [9.17, 15) is 9.18 Å². The number of carbonyl (C=O) groups excluding carboxylic acids is 1. The minimum Gasteiger partial charge on any atom is -0.371 e. The monoisotopic (exact) mass is 459 g/mol. The molecule has 1 spiro atoms. The van der Waals surface area contributed by atoms with Crippen LogP contribution in [0.25, 0.3) is 10.8 Å². The van der Waals surface area contributed by atoms with Crippen LogP contribution < -0.4 is 10.2 Å². The summed E-state index contributed by atoms with van der Waals surface area (Å²) in [5, 5.41) is 5.67. The Morgan fingerprint density at radius 3 is 2.50 bits per heavy atom. The van der Waals surface area contributed by atoms with Crippen LogP contribution in [0.1, 0.15) is 24.0 Å². The molecule has 3 fully saturated rings. The third-order valence-corrected chi connectivity index (χ3v) is 7.99. The number of anilines is 1. The number of halogens is 1. The van der Waals surface area contributed by atoms with Gasteiger partial charge in [0, 0.05) is 24.8 Å². The molecule has 34 heavy (non-hydrogen) atoms. The fourth-order valence-electron chi connectivity index (χ4n) is 6.06. The number of hydrogen-bond acceptors (Lipinski definition) is 4. The highest BCUT2D eigenvalue weighted by atomic mass is 19.1. The average molecular weight is 460 g/mol. The first kappa shape index (κ1) is 21.6. The number of piperidine rings is 1. The Morgan fingerprint density at radius 2 is 1.79 bits per heavy atom. The molecule has 1 amide bonds. The molecular formula is C28H30FN3O2. The number of aryl methyl sites for hydroxylation is 1. The maximum Gasteiger partial charge on any atom is 0.247 e. The van der Waals surface area contributed by atoms with Crippen LogP contribution in [0.2, 0.25) is 0 Å². The highest BCUT2D eigenvalue weighted by molar-refractivity contribution is 5.93. The molecule has 3 heterocycles. The van der Waals surface area contributed by atoms with Crippen molar-refractivity contribution in [2.45, 2.75) is 43.9 Å². The Balaban J connectivity index is 1.24. The zero-order chi connectivity index (χ0) is 23.3. The van der Waals surface area contributed by atoms with Crippen molar-refractivity contribution in [3.05, 3.63) is 77.6 Å². The number of nitrogens with one attached hydrogen (secondary N) is 1. The van der Waals surface area contributed by atoms with Gasteiger partial charge in [0.25, 0.3) is 0 Å². The second kappa shape index (κ2) is 8.36. The van der Waals surface area contributed by atoms with E-state index < -0.39 is 5.54 Å². The second-order valence-corrected chi connectivity index (χ2v) is 9.87. The zero-order valence-corrected chi connectivity index (χ0v) is 19.5. The molecule has 0 saturated carbocycles. The van der Waals surface area contributed by atoms with Gasteiger partial charge in [-0.3, -0.25) is 9.69 Å². The molecule has 3 aliphatic rings. The summed E-state index contributed by atoms with van der Waals surface area (Å²) in [5.41, 5.74) is 2.99. The summed E-state index contributed by atoms with van der Waals surface area (Å²) in [4.78, 5) is 17.7. The number of ether oxygens (including phenoxy) is 1. The maximum atomic E-state index is 13.5. The van der Waals surface area contributed by atoms with Gasteiger partial charge in [-0.15, -0.1) is 0 Å². The summed E-state index contributed by atoms with van der Waals surface area (Å²) in [7, 11) is 0. The smallest absolute Gasteiger partial charge is 0.247 e. The van der Waals surface area contributed by atoms with Gasteiger partial charge < -0.3 is 15.0 Å². The lowest BCUT2D eigenvalue weighted by Gasteiger charge is -2.45. The molecule has 1 N–H and O–H groups in total. The lowest BCUT2D eigenvalue weighted by atomic mass is 9.84. The Hall–Kier alpha value is -2.96. The van der Waals surface area contributed by atoms with Crippen molar-refractivity contribution in [1.29, 1.82) is 0 Å². The predicted molar refractivity (Wildman–Crippen MR) is 131 cm³/mol. The van der Waals surface area contributed by atoms with Gasteiger partial charge in [0.05, 0.1) is 19.4 Å². The molecule has 6 rings (SSSR count). The topological polar surface area (TPSA) is 48.1 Å². The molecule has 0 bridgehead atoms. The molecule has 2 atom stereocenters. The molecule has 0 aromatic heterocycles. The maximum absolute atomic E-state index is 13.5. The van der Waals surface area contributed by atoms with Crippen molar-refractivity contribution < 1.29 is 13.9 Å². The highest BCUT2D eigenvalue weighted by Gasteiger charge is 2.52. The quantitative estimate of drug-likeness (QED) is 0.586. The number of benzene rings is 3. The van der Waals surface area contributed by atoms with Crippen LogP contribution in [0.15, 0.2) is 60.7 Å². The summed E-state index contributed by atoms with van der Waals surface area (Å²) in [5.74, 6) is -0.178. The first-order valence-electron chi connectivity index (χ1n) is 12.2. The largest absolute Gasteiger partial charge is 0.371 e. The van der Waals surface area contributed by atoms with Crippen molar-refractivity contribution in [2.75, 3.05) is 31.3 Å². The minimum atomic E-state index is -0.570. The number of hydrogen-bond donors (Lipinski definition) is 1. The van der Waals surface area contributed by atoms with Crippen LogP contribution in [0.5, 0.6) is 0 Å². The standard InChI is InChI=1S/C28H30FN3O2/c1-19-4-2-5-20-6-3-7-21(26(19)20)16-24(25-17-34-25)31-14-12-28(13-15-31)27(33)30-18-32(28)23-10-8-22(29)9-11-23/h2-11,24-25H,12-18H2,1H3,(H,30,33)/t24?,25-/m0/s1. The Morgan fingerprint density at radius 1 is 1.09 bits per heavy atom. The summed E-state index contributed by atoms with van der Waals surface area (Å²) in [6.07, 6.45) is 2.68. The molecular weight excluding hydrogens is 429 g/mol. The Kier molecular flexibility index (Phi) is 5.30. The molecule has 176 valence electrons. The SMILES string of the molecule is Cc1cccc2cccc(CC([C@@H]3CO3)N3CCC4(CC3)C(=O)NCN4c3ccc(F)cc3)c12. The van der Waals surface area contributed by atoms with Crippen LogP contribution >= 0.6 is 0 Å². The molecule has 5 nitrogen and oxygen atoms in total. The third kappa shape index (κ3) is 3.65. The minimum absolute atomic E-state index is 0.0837. The molecule has 3 aliphatic heterocycles. The van der Waals surface area contributed by atoms with Gasteiger partial charge in [-0.25, -0.2) is 4.39 Å². The zero-order valence-electron chi connectivity index (χ0n) is 19.5. The fourth-order valence-corrected chi connectivity index (χ4v) is 6.06. The van der Waals surface area contributed by atoms with Gasteiger partial charge in [-0.2, -0.15) is 0 Å². The van der Waals surface area contributed by atoms with Gasteiger partial charge in [0.2, 0.25) is 5.91 Å². The van der Waals surface area contributed by atoms with E-state index in [1.54, 1.807) is 12.1 Å². The molecule has 3 aromatic rings. The van der Waals surface area contributed by atoms with Crippen LogP contribution in [0.3, 0.4) is 0 Å². The number of likely N-dealkylation sites (tertiary alicyclic amines) is 1. The Bertz CT molecular complexity index is 1210. The lowest BCUT2D eigenvalue weighted by molar-refractivity contribution is -0.125. The molecule has 1 unspecified atom stereocenters. The molecule has 0 aliphatic carbocycles. The number of fused-ring (bicyclic) bond motifs is 1. The van der Waals surface area contributed by atoms with E-state index in [2.05, 4.69) is 58.4 Å². The van der Waals surface area contributed by atoms with Gasteiger partial charge >= 0.3 is 0 Å². The number of nitrogens with zero attached hydrogens (tertiary/aromatic N) is 2. The van der Waals surface area contributed by atoms with E-state index in [4.69, 9.17) is 4.74 Å². The number of rotatable bonds is 5. The van der Waals surface area contributed by atoms with Crippen molar-refractivity contribution in [3.63, 3.8) is 0 Å². The summed E-state index contributed by atoms with van der Waals surface area (Å²) in [6, 6.07) is 19.8. The van der Waals surface area contributed by atoms with E-state index in [0.717, 1.165) is 44.6 Å². The van der Waals surface area contributed by atoms with Crippen LogP contribution in [-0.2, 0) is 16.0 Å². The van der Waals surface area contributed by atoms with Crippen LogP contribution in [-0.4, -0.2) is 54.9 Å². The first-order valence-corrected chi connectivity index (χ1v) is 12.2. The van der Waals surface area contributed by atoms with Crippen molar-refractivity contribution in [3.8, 4) is 0 Å². The molecule has 3 saturated heterocycles. The van der Waals surface area contributed by atoms with E-state index in [-0.39, 0.29) is 17.8 Å². The van der Waals surface area contributed by atoms with Crippen LogP contribution in [0.4, 0.5) is 10.1 Å².